The average molecular weight is 343 g/mol. The van der Waals surface area contributed by atoms with Crippen LogP contribution in [-0.4, -0.2) is 41.1 Å². The lowest BCUT2D eigenvalue weighted by atomic mass is 9.96. The van der Waals surface area contributed by atoms with Gasteiger partial charge in [0.2, 0.25) is 0 Å². The Morgan fingerprint density at radius 1 is 1.16 bits per heavy atom. The lowest BCUT2D eigenvalue weighted by Gasteiger charge is -2.20. The van der Waals surface area contributed by atoms with Crippen molar-refractivity contribution < 1.29 is 23.9 Å². The van der Waals surface area contributed by atoms with Crippen LogP contribution >= 0.6 is 0 Å². The maximum atomic E-state index is 12.4. The van der Waals surface area contributed by atoms with Crippen LogP contribution in [0.4, 0.5) is 0 Å². The van der Waals surface area contributed by atoms with Crippen molar-refractivity contribution in [2.24, 2.45) is 0 Å². The van der Waals surface area contributed by atoms with Gasteiger partial charge in [-0.3, -0.25) is 19.3 Å². The van der Waals surface area contributed by atoms with Gasteiger partial charge < -0.3 is 4.74 Å². The van der Waals surface area contributed by atoms with E-state index in [1.807, 2.05) is 6.92 Å². The molecule has 1 aromatic carbocycles. The number of amides is 2. The van der Waals surface area contributed by atoms with Crippen LogP contribution in [0, 0.1) is 0 Å². The summed E-state index contributed by atoms with van der Waals surface area (Å²) >= 11 is 0. The van der Waals surface area contributed by atoms with Crippen molar-refractivity contribution in [2.75, 3.05) is 6.54 Å². The van der Waals surface area contributed by atoms with Gasteiger partial charge in [0.25, 0.3) is 11.8 Å². The molecule has 0 spiro atoms. The largest absolute Gasteiger partial charge is 0.451 e. The fraction of sp³-hybridized carbons (Fsp3) is 0.474. The summed E-state index contributed by atoms with van der Waals surface area (Å²) in [7, 11) is 0. The van der Waals surface area contributed by atoms with Gasteiger partial charge in [-0.1, -0.05) is 13.3 Å². The van der Waals surface area contributed by atoms with Gasteiger partial charge in [0.05, 0.1) is 16.7 Å². The van der Waals surface area contributed by atoms with Crippen molar-refractivity contribution in [2.45, 2.75) is 51.6 Å². The van der Waals surface area contributed by atoms with Crippen molar-refractivity contribution in [3.05, 3.63) is 34.9 Å². The van der Waals surface area contributed by atoms with E-state index in [-0.39, 0.29) is 28.7 Å². The van der Waals surface area contributed by atoms with Crippen LogP contribution in [0.1, 0.15) is 76.5 Å². The maximum Gasteiger partial charge on any atom is 0.338 e. The van der Waals surface area contributed by atoms with Gasteiger partial charge in [0.1, 0.15) is 0 Å². The number of ketones is 1. The zero-order valence-electron chi connectivity index (χ0n) is 14.2. The molecule has 132 valence electrons. The third-order valence-electron chi connectivity index (χ3n) is 4.69. The first-order valence-corrected chi connectivity index (χ1v) is 8.77. The molecule has 2 aliphatic rings. The molecule has 1 aromatic rings. The Kier molecular flexibility index (Phi) is 4.97. The molecule has 6 heteroatoms. The molecule has 1 atom stereocenters. The van der Waals surface area contributed by atoms with Crippen LogP contribution in [0.15, 0.2) is 18.2 Å². The van der Waals surface area contributed by atoms with E-state index in [2.05, 4.69) is 0 Å². The van der Waals surface area contributed by atoms with Crippen LogP contribution in [-0.2, 0) is 9.53 Å². The van der Waals surface area contributed by atoms with Gasteiger partial charge in [-0.2, -0.15) is 0 Å². The van der Waals surface area contributed by atoms with Gasteiger partial charge in [-0.05, 0) is 43.9 Å². The molecule has 1 saturated carbocycles. The third-order valence-corrected chi connectivity index (χ3v) is 4.69. The van der Waals surface area contributed by atoms with Crippen molar-refractivity contribution in [3.63, 3.8) is 0 Å². The summed E-state index contributed by atoms with van der Waals surface area (Å²) in [6.45, 7) is 2.36. The Hall–Kier alpha value is -2.50. The molecule has 2 amide bonds. The number of fused-ring (bicyclic) bond motifs is 1. The Bertz CT molecular complexity index is 739. The molecule has 0 unspecified atom stereocenters. The third kappa shape index (κ3) is 3.34. The lowest BCUT2D eigenvalue weighted by Crippen LogP contribution is -2.30. The molecular formula is C19H21NO5. The molecule has 0 radical (unpaired) electrons. The van der Waals surface area contributed by atoms with Crippen molar-refractivity contribution in [1.29, 1.82) is 0 Å². The number of imide groups is 1. The molecule has 1 aliphatic heterocycles. The summed E-state index contributed by atoms with van der Waals surface area (Å²) in [5, 5.41) is 0. The number of unbranched alkanes of at least 4 members (excludes halogenated alkanes) is 1. The van der Waals surface area contributed by atoms with E-state index in [4.69, 9.17) is 4.74 Å². The number of benzene rings is 1. The molecule has 1 aliphatic carbocycles. The standard InChI is InChI=1S/C19H21NO5/c1-2-3-10-20-17(22)13-9-8-12(11-14(13)18(20)23)19(24)25-16-7-5-4-6-15(16)21/h8-9,11,16H,2-7,10H2,1H3/t16-/m0/s1. The Morgan fingerprint density at radius 2 is 1.92 bits per heavy atom. The highest BCUT2D eigenvalue weighted by Crippen LogP contribution is 2.25. The van der Waals surface area contributed by atoms with Crippen LogP contribution in [0.25, 0.3) is 0 Å². The first-order chi connectivity index (χ1) is 12.0. The quantitative estimate of drug-likeness (QED) is 0.606. The molecule has 1 fully saturated rings. The van der Waals surface area contributed by atoms with Crippen LogP contribution in [0.5, 0.6) is 0 Å². The number of carbonyl (C=O) groups is 4. The highest BCUT2D eigenvalue weighted by Gasteiger charge is 2.36. The van der Waals surface area contributed by atoms with Crippen molar-refractivity contribution >= 4 is 23.6 Å². The second kappa shape index (κ2) is 7.17. The average Bonchev–Trinajstić information content (AvgIpc) is 2.85. The summed E-state index contributed by atoms with van der Waals surface area (Å²) in [5.41, 5.74) is 0.729. The van der Waals surface area contributed by atoms with E-state index < -0.39 is 12.1 Å². The minimum Gasteiger partial charge on any atom is -0.451 e. The Labute approximate surface area is 146 Å². The number of Topliss-reactive ketones (excluding diaryl/α,β-unsaturated/α-hetero) is 1. The number of esters is 1. The SMILES string of the molecule is CCCCN1C(=O)c2ccc(C(=O)O[C@H]3CCCCC3=O)cc2C1=O. The minimum absolute atomic E-state index is 0.0576. The Balaban J connectivity index is 1.77. The summed E-state index contributed by atoms with van der Waals surface area (Å²) < 4.78 is 5.30. The normalized spacial score (nSPS) is 20.0. The molecule has 6 nitrogen and oxygen atoms in total. The Morgan fingerprint density at radius 3 is 2.64 bits per heavy atom. The highest BCUT2D eigenvalue weighted by atomic mass is 16.5. The van der Waals surface area contributed by atoms with E-state index >= 15 is 0 Å². The second-order valence-electron chi connectivity index (χ2n) is 6.48. The molecule has 0 saturated heterocycles. The number of nitrogens with zero attached hydrogens (tertiary/aromatic N) is 1. The van der Waals surface area contributed by atoms with Crippen molar-refractivity contribution in [3.8, 4) is 0 Å². The van der Waals surface area contributed by atoms with E-state index in [0.717, 1.165) is 25.7 Å². The smallest absolute Gasteiger partial charge is 0.338 e. The predicted molar refractivity (Wildman–Crippen MR) is 89.4 cm³/mol. The van der Waals surface area contributed by atoms with Crippen LogP contribution in [0.3, 0.4) is 0 Å². The van der Waals surface area contributed by atoms with Gasteiger partial charge in [0, 0.05) is 13.0 Å². The zero-order valence-corrected chi connectivity index (χ0v) is 14.2. The summed E-state index contributed by atoms with van der Waals surface area (Å²) in [4.78, 5) is 50.1. The van der Waals surface area contributed by atoms with E-state index in [1.54, 1.807) is 0 Å². The molecule has 1 heterocycles. The minimum atomic E-state index is -0.701. The fourth-order valence-corrected chi connectivity index (χ4v) is 3.21. The topological polar surface area (TPSA) is 80.8 Å². The van der Waals surface area contributed by atoms with E-state index in [9.17, 15) is 19.2 Å². The second-order valence-corrected chi connectivity index (χ2v) is 6.48. The number of hydrogen-bond donors (Lipinski definition) is 0. The first kappa shape index (κ1) is 17.3. The number of ether oxygens (including phenoxy) is 1. The highest BCUT2D eigenvalue weighted by molar-refractivity contribution is 6.22. The number of carbonyl (C=O) groups excluding carboxylic acids is 4. The summed E-state index contributed by atoms with van der Waals surface area (Å²) in [6.07, 6.45) is 3.57. The maximum absolute atomic E-state index is 12.4. The lowest BCUT2D eigenvalue weighted by molar-refractivity contribution is -0.129. The van der Waals surface area contributed by atoms with E-state index in [1.165, 1.54) is 23.1 Å². The van der Waals surface area contributed by atoms with Crippen molar-refractivity contribution in [1.82, 2.24) is 4.90 Å². The number of hydrogen-bond acceptors (Lipinski definition) is 5. The van der Waals surface area contributed by atoms with Gasteiger partial charge in [-0.15, -0.1) is 0 Å². The number of rotatable bonds is 5. The van der Waals surface area contributed by atoms with Gasteiger partial charge >= 0.3 is 5.97 Å². The molecule has 0 aromatic heterocycles. The van der Waals surface area contributed by atoms with Crippen LogP contribution in [0.2, 0.25) is 0 Å². The molecule has 0 bridgehead atoms. The van der Waals surface area contributed by atoms with E-state index in [0.29, 0.717) is 24.9 Å². The molecule has 3 rings (SSSR count). The first-order valence-electron chi connectivity index (χ1n) is 8.77. The summed E-state index contributed by atoms with van der Waals surface area (Å²) in [5.74, 6) is -1.39. The molecular weight excluding hydrogens is 322 g/mol. The van der Waals surface area contributed by atoms with Crippen LogP contribution < -0.4 is 0 Å². The monoisotopic (exact) mass is 343 g/mol. The fourth-order valence-electron chi connectivity index (χ4n) is 3.21. The zero-order chi connectivity index (χ0) is 18.0. The molecule has 0 N–H and O–H groups in total. The van der Waals surface area contributed by atoms with Gasteiger partial charge in [0.15, 0.2) is 11.9 Å². The predicted octanol–water partition coefficient (Wildman–Crippen LogP) is 2.75. The van der Waals surface area contributed by atoms with Gasteiger partial charge in [-0.25, -0.2) is 4.79 Å². The molecule has 25 heavy (non-hydrogen) atoms. The summed E-state index contributed by atoms with van der Waals surface area (Å²) in [6, 6.07) is 4.36.